The number of hydrogen-bond acceptors (Lipinski definition) is 4. The monoisotopic (exact) mass is 712 g/mol. The maximum absolute atomic E-state index is 13.5. The Morgan fingerprint density at radius 2 is 1.59 bits per heavy atom. The molecule has 5 unspecified atom stereocenters. The molecule has 0 heterocycles. The van der Waals surface area contributed by atoms with Gasteiger partial charge < -0.3 is 14.2 Å². The smallest absolute Gasteiger partial charge is 0.338 e. The molecule has 2 aromatic rings. The molecule has 4 aliphatic rings. The molecule has 0 radical (unpaired) electrons. The summed E-state index contributed by atoms with van der Waals surface area (Å²) < 4.78 is 18.1. The van der Waals surface area contributed by atoms with E-state index in [1.54, 1.807) is 12.7 Å². The summed E-state index contributed by atoms with van der Waals surface area (Å²) in [5.41, 5.74) is 3.12. The molecule has 3 fully saturated rings. The summed E-state index contributed by atoms with van der Waals surface area (Å²) in [4.78, 5) is 13.5. The molecule has 0 N–H and O–H groups in total. The van der Waals surface area contributed by atoms with Crippen LogP contribution in [0.4, 0.5) is 0 Å². The van der Waals surface area contributed by atoms with Gasteiger partial charge in [0.15, 0.2) is 0 Å². The molecule has 0 amide bonds. The summed E-state index contributed by atoms with van der Waals surface area (Å²) >= 11 is 0. The zero-order valence-corrected chi connectivity index (χ0v) is 34.4. The molecule has 280 valence electrons. The predicted molar refractivity (Wildman–Crippen MR) is 214 cm³/mol. The van der Waals surface area contributed by atoms with E-state index in [0.29, 0.717) is 11.0 Å². The molecule has 3 saturated carbocycles. The average molecular weight is 713 g/mol. The summed E-state index contributed by atoms with van der Waals surface area (Å²) in [6.45, 7) is 19.5. The fourth-order valence-electron chi connectivity index (χ4n) is 11.8. The number of hydrogen-bond donors (Lipinski definition) is 0. The molecule has 9 atom stereocenters. The van der Waals surface area contributed by atoms with E-state index in [9.17, 15) is 4.79 Å². The van der Waals surface area contributed by atoms with Gasteiger partial charge in [0.1, 0.15) is 25.7 Å². The lowest BCUT2D eigenvalue weighted by molar-refractivity contribution is -0.0594. The Morgan fingerprint density at radius 1 is 0.882 bits per heavy atom. The van der Waals surface area contributed by atoms with Crippen molar-refractivity contribution < 1.29 is 19.0 Å². The minimum Gasteiger partial charge on any atom is -0.497 e. The first-order chi connectivity index (χ1) is 24.3. The Hall–Kier alpha value is -2.53. The number of rotatable bonds is 13. The van der Waals surface area contributed by atoms with E-state index in [1.807, 2.05) is 36.4 Å². The number of fused-ring (bicyclic) bond motifs is 5. The van der Waals surface area contributed by atoms with Crippen LogP contribution in [0.15, 0.2) is 60.2 Å². The molecule has 0 aliphatic heterocycles. The van der Waals surface area contributed by atoms with Gasteiger partial charge in [0.2, 0.25) is 0 Å². The molecule has 0 spiro atoms. The van der Waals surface area contributed by atoms with Gasteiger partial charge in [-0.1, -0.05) is 103 Å². The van der Waals surface area contributed by atoms with E-state index in [-0.39, 0.29) is 23.2 Å². The van der Waals surface area contributed by atoms with Crippen molar-refractivity contribution in [2.24, 2.45) is 46.3 Å². The van der Waals surface area contributed by atoms with Crippen molar-refractivity contribution in [2.75, 3.05) is 7.11 Å². The third-order valence-corrected chi connectivity index (χ3v) is 18.9. The molecule has 0 bridgehead atoms. The van der Waals surface area contributed by atoms with Crippen LogP contribution in [-0.4, -0.2) is 33.0 Å². The molecular formula is C46H68O4Si. The molecule has 5 heteroatoms. The largest absolute Gasteiger partial charge is 0.497 e. The topological polar surface area (TPSA) is 44.8 Å². The van der Waals surface area contributed by atoms with Gasteiger partial charge in [-0.2, -0.15) is 0 Å². The highest BCUT2D eigenvalue weighted by atomic mass is 28.3. The number of benzene rings is 2. The first kappa shape index (κ1) is 38.2. The molecular weight excluding hydrogens is 645 g/mol. The van der Waals surface area contributed by atoms with E-state index in [1.165, 1.54) is 56.6 Å². The Balaban J connectivity index is 1.06. The highest BCUT2D eigenvalue weighted by Crippen LogP contribution is 2.67. The van der Waals surface area contributed by atoms with Crippen molar-refractivity contribution in [3.63, 3.8) is 0 Å². The normalized spacial score (nSPS) is 31.5. The van der Waals surface area contributed by atoms with Crippen molar-refractivity contribution in [3.8, 4) is 11.5 Å². The van der Waals surface area contributed by atoms with Crippen molar-refractivity contribution in [1.82, 2.24) is 0 Å². The molecule has 2 aromatic carbocycles. The van der Waals surface area contributed by atoms with Crippen LogP contribution in [0.3, 0.4) is 0 Å². The lowest BCUT2D eigenvalue weighted by atomic mass is 9.47. The Bertz CT molecular complexity index is 1510. The number of allylic oxidation sites excluding steroid dienone is 1. The van der Waals surface area contributed by atoms with Gasteiger partial charge in [0.25, 0.3) is 0 Å². The molecule has 0 aromatic heterocycles. The quantitative estimate of drug-likeness (QED) is 0.118. The minimum absolute atomic E-state index is 0.0300. The number of carbonyl (C=O) groups excluding carboxylic acids is 1. The number of methoxy groups -OCH3 is 1. The number of esters is 1. The Labute approximate surface area is 311 Å². The van der Waals surface area contributed by atoms with Gasteiger partial charge in [-0.15, -0.1) is 0 Å². The zero-order chi connectivity index (χ0) is 36.6. The second kappa shape index (κ2) is 15.4. The van der Waals surface area contributed by atoms with E-state index in [4.69, 9.17) is 14.2 Å². The fourth-order valence-corrected chi connectivity index (χ4v) is 14.6. The van der Waals surface area contributed by atoms with Crippen LogP contribution in [-0.2, 0) is 4.74 Å². The van der Waals surface area contributed by atoms with Crippen LogP contribution >= 0.6 is 0 Å². The third kappa shape index (κ3) is 7.62. The highest BCUT2D eigenvalue weighted by molar-refractivity contribution is 6.90. The first-order valence-electron chi connectivity index (χ1n) is 20.6. The van der Waals surface area contributed by atoms with Gasteiger partial charge in [0, 0.05) is 6.42 Å². The Kier molecular flexibility index (Phi) is 11.6. The van der Waals surface area contributed by atoms with Gasteiger partial charge in [0.05, 0.1) is 18.4 Å². The van der Waals surface area contributed by atoms with Crippen LogP contribution in [0.2, 0.25) is 13.1 Å². The third-order valence-electron chi connectivity index (χ3n) is 14.9. The van der Waals surface area contributed by atoms with Crippen LogP contribution in [0.25, 0.3) is 0 Å². The van der Waals surface area contributed by atoms with Crippen molar-refractivity contribution in [3.05, 3.63) is 65.7 Å². The van der Waals surface area contributed by atoms with Gasteiger partial charge >= 0.3 is 5.97 Å². The van der Waals surface area contributed by atoms with E-state index in [0.717, 1.165) is 72.7 Å². The summed E-state index contributed by atoms with van der Waals surface area (Å²) in [7, 11) is -0.323. The van der Waals surface area contributed by atoms with Crippen molar-refractivity contribution in [1.29, 1.82) is 0 Å². The second-order valence-electron chi connectivity index (χ2n) is 18.5. The highest BCUT2D eigenvalue weighted by Gasteiger charge is 2.59. The van der Waals surface area contributed by atoms with Crippen LogP contribution < -0.4 is 14.7 Å². The maximum atomic E-state index is 13.5. The van der Waals surface area contributed by atoms with Crippen LogP contribution in [0.5, 0.6) is 11.5 Å². The number of ether oxygens (including phenoxy) is 3. The summed E-state index contributed by atoms with van der Waals surface area (Å²) in [5, 5.41) is 1.28. The molecule has 4 aliphatic carbocycles. The molecule has 4 nitrogen and oxygen atoms in total. The molecule has 0 saturated heterocycles. The van der Waals surface area contributed by atoms with Gasteiger partial charge in [-0.25, -0.2) is 4.79 Å². The molecule has 51 heavy (non-hydrogen) atoms. The van der Waals surface area contributed by atoms with E-state index >= 15 is 0 Å². The SMILES string of the molecule is CCC(Oc1ccc(OC)cc1)[Si](C)(C)c1ccc(C(=O)OC2CC[C@@]3(C)C(=CCC4C3CC[C@@]3(C)C4CC[C@@H]3[C@H](C)CCCC(C)C)C2)cc1. The van der Waals surface area contributed by atoms with Crippen LogP contribution in [0, 0.1) is 46.3 Å². The summed E-state index contributed by atoms with van der Waals surface area (Å²) in [5.74, 6) is 6.55. The first-order valence-corrected chi connectivity index (χ1v) is 23.7. The fraction of sp³-hybridized carbons (Fsp3) is 0.674. The minimum atomic E-state index is -2.00. The van der Waals surface area contributed by atoms with E-state index < -0.39 is 8.07 Å². The van der Waals surface area contributed by atoms with E-state index in [2.05, 4.69) is 72.8 Å². The summed E-state index contributed by atoms with van der Waals surface area (Å²) in [6, 6.07) is 16.1. The van der Waals surface area contributed by atoms with Gasteiger partial charge in [-0.05, 0) is 134 Å². The lowest BCUT2D eigenvalue weighted by Crippen LogP contribution is -2.55. The average Bonchev–Trinajstić information content (AvgIpc) is 3.48. The number of carbonyl (C=O) groups is 1. The van der Waals surface area contributed by atoms with Crippen molar-refractivity contribution >= 4 is 19.2 Å². The van der Waals surface area contributed by atoms with Gasteiger partial charge in [-0.3, -0.25) is 0 Å². The Morgan fingerprint density at radius 3 is 2.25 bits per heavy atom. The zero-order valence-electron chi connectivity index (χ0n) is 33.4. The predicted octanol–water partition coefficient (Wildman–Crippen LogP) is 11.6. The lowest BCUT2D eigenvalue weighted by Gasteiger charge is -2.58. The maximum Gasteiger partial charge on any atom is 0.338 e. The summed E-state index contributed by atoms with van der Waals surface area (Å²) in [6.07, 6.45) is 17.6. The van der Waals surface area contributed by atoms with Crippen molar-refractivity contribution in [2.45, 2.75) is 144 Å². The second-order valence-corrected chi connectivity index (χ2v) is 23.2. The molecule has 6 rings (SSSR count). The van der Waals surface area contributed by atoms with Crippen LogP contribution in [0.1, 0.15) is 129 Å². The standard InChI is InChI=1S/C46H68O4Si/c1-10-43(49-36-19-17-35(48-7)18-20-36)51(8,9)38-21-14-33(15-22-38)44(47)50-37-26-28-45(5)34(30-37)16-23-39-41-25-24-40(32(4)13-11-12-31(2)3)46(41,6)29-27-42(39)45/h14-22,31-32,37,39-43H,10-13,23-30H2,1-9H3/t32-,37?,39?,40-,41?,42?,43?,45+,46-/m1/s1.